The maximum Gasteiger partial charge on any atom is 0.415 e. The lowest BCUT2D eigenvalue weighted by atomic mass is 10.2. The zero-order chi connectivity index (χ0) is 17.0. The summed E-state index contributed by atoms with van der Waals surface area (Å²) in [5, 5.41) is 10.2. The van der Waals surface area contributed by atoms with E-state index in [2.05, 4.69) is 9.72 Å². The SMILES string of the molecule is COC(=O)N(CO)c1ccc(OCc2nc(Cl)c(Cl)s2)cc1C. The highest BCUT2D eigenvalue weighted by atomic mass is 35.5. The quantitative estimate of drug-likeness (QED) is 0.802. The molecule has 1 heterocycles. The predicted octanol–water partition coefficient (Wildman–Crippen LogP) is 3.86. The highest BCUT2D eigenvalue weighted by molar-refractivity contribution is 7.16. The van der Waals surface area contributed by atoms with E-state index in [9.17, 15) is 9.90 Å². The number of aryl methyl sites for hydroxylation is 1. The largest absolute Gasteiger partial charge is 0.486 e. The van der Waals surface area contributed by atoms with Crippen molar-refractivity contribution in [2.45, 2.75) is 13.5 Å². The van der Waals surface area contributed by atoms with Gasteiger partial charge in [0, 0.05) is 0 Å². The Labute approximate surface area is 147 Å². The number of amides is 1. The van der Waals surface area contributed by atoms with Crippen molar-refractivity contribution in [3.05, 3.63) is 38.3 Å². The standard InChI is InChI=1S/C14H14Cl2N2O4S/c1-8-5-9(22-6-11-17-12(15)13(16)23-11)3-4-10(8)18(7-19)14(20)21-2/h3-5,19H,6-7H2,1-2H3. The highest BCUT2D eigenvalue weighted by Crippen LogP contribution is 2.30. The van der Waals surface area contributed by atoms with Crippen LogP contribution in [-0.4, -0.2) is 30.0 Å². The molecule has 0 aliphatic rings. The minimum absolute atomic E-state index is 0.233. The van der Waals surface area contributed by atoms with Crippen LogP contribution < -0.4 is 9.64 Å². The number of carbonyl (C=O) groups excluding carboxylic acids is 1. The number of thiazole rings is 1. The normalized spacial score (nSPS) is 10.5. The van der Waals surface area contributed by atoms with Crippen molar-refractivity contribution in [3.8, 4) is 5.75 Å². The van der Waals surface area contributed by atoms with E-state index in [1.165, 1.54) is 18.4 Å². The average molecular weight is 377 g/mol. The van der Waals surface area contributed by atoms with Crippen LogP contribution in [0.25, 0.3) is 0 Å². The molecule has 1 aromatic heterocycles. The van der Waals surface area contributed by atoms with E-state index in [1.807, 2.05) is 0 Å². The molecule has 0 aliphatic carbocycles. The molecule has 1 amide bonds. The summed E-state index contributed by atoms with van der Waals surface area (Å²) >= 11 is 12.9. The number of aliphatic hydroxyl groups is 1. The van der Waals surface area contributed by atoms with Gasteiger partial charge in [-0.25, -0.2) is 9.78 Å². The van der Waals surface area contributed by atoms with Crippen molar-refractivity contribution in [3.63, 3.8) is 0 Å². The molecule has 0 saturated heterocycles. The number of benzene rings is 1. The fourth-order valence-corrected chi connectivity index (χ4v) is 3.06. The number of hydrogen-bond donors (Lipinski definition) is 1. The zero-order valence-corrected chi connectivity index (χ0v) is 14.7. The molecule has 9 heteroatoms. The van der Waals surface area contributed by atoms with Crippen LogP contribution in [0.5, 0.6) is 5.75 Å². The van der Waals surface area contributed by atoms with Crippen molar-refractivity contribution in [1.29, 1.82) is 0 Å². The smallest absolute Gasteiger partial charge is 0.415 e. The molecule has 124 valence electrons. The molecular formula is C14H14Cl2N2O4S. The lowest BCUT2D eigenvalue weighted by Crippen LogP contribution is -2.32. The minimum atomic E-state index is -0.642. The third-order valence-electron chi connectivity index (χ3n) is 2.95. The Morgan fingerprint density at radius 1 is 1.43 bits per heavy atom. The fraction of sp³-hybridized carbons (Fsp3) is 0.286. The second-order valence-corrected chi connectivity index (χ2v) is 6.49. The molecule has 0 fully saturated rings. The Balaban J connectivity index is 2.10. The predicted molar refractivity (Wildman–Crippen MR) is 89.6 cm³/mol. The molecule has 0 saturated carbocycles. The summed E-state index contributed by atoms with van der Waals surface area (Å²) in [6.45, 7) is 1.55. The van der Waals surface area contributed by atoms with Crippen molar-refractivity contribution < 1.29 is 19.4 Å². The molecule has 1 N–H and O–H groups in total. The molecule has 0 spiro atoms. The van der Waals surface area contributed by atoms with Gasteiger partial charge in [-0.3, -0.25) is 4.90 Å². The van der Waals surface area contributed by atoms with Gasteiger partial charge in [-0.1, -0.05) is 23.2 Å². The van der Waals surface area contributed by atoms with Crippen LogP contribution in [0.3, 0.4) is 0 Å². The third-order valence-corrected chi connectivity index (χ3v) is 4.66. The van der Waals surface area contributed by atoms with Crippen LogP contribution in [-0.2, 0) is 11.3 Å². The summed E-state index contributed by atoms with van der Waals surface area (Å²) in [6, 6.07) is 5.10. The number of anilines is 1. The lowest BCUT2D eigenvalue weighted by molar-refractivity contribution is 0.168. The monoisotopic (exact) mass is 376 g/mol. The molecule has 2 aromatic rings. The van der Waals surface area contributed by atoms with E-state index in [0.29, 0.717) is 20.8 Å². The lowest BCUT2D eigenvalue weighted by Gasteiger charge is -2.20. The van der Waals surface area contributed by atoms with Gasteiger partial charge in [-0.15, -0.1) is 11.3 Å². The molecule has 0 unspecified atom stereocenters. The van der Waals surface area contributed by atoms with Gasteiger partial charge in [0.25, 0.3) is 0 Å². The first-order chi connectivity index (χ1) is 11.0. The number of halogens is 2. The first kappa shape index (κ1) is 17.8. The Kier molecular flexibility index (Phi) is 6.06. The summed E-state index contributed by atoms with van der Waals surface area (Å²) < 4.78 is 10.7. The molecule has 0 aliphatic heterocycles. The topological polar surface area (TPSA) is 71.9 Å². The molecule has 6 nitrogen and oxygen atoms in total. The van der Waals surface area contributed by atoms with Crippen LogP contribution in [0.2, 0.25) is 9.49 Å². The van der Waals surface area contributed by atoms with Crippen LogP contribution in [0.15, 0.2) is 18.2 Å². The van der Waals surface area contributed by atoms with Crippen molar-refractivity contribution in [1.82, 2.24) is 4.98 Å². The van der Waals surface area contributed by atoms with E-state index in [1.54, 1.807) is 25.1 Å². The number of methoxy groups -OCH3 is 1. The van der Waals surface area contributed by atoms with E-state index in [-0.39, 0.29) is 11.8 Å². The first-order valence-electron chi connectivity index (χ1n) is 6.46. The van der Waals surface area contributed by atoms with Crippen LogP contribution >= 0.6 is 34.5 Å². The zero-order valence-electron chi connectivity index (χ0n) is 12.4. The molecule has 1 aromatic carbocycles. The average Bonchev–Trinajstić information content (AvgIpc) is 2.86. The molecular weight excluding hydrogens is 363 g/mol. The van der Waals surface area contributed by atoms with Crippen LogP contribution in [0.1, 0.15) is 10.6 Å². The van der Waals surface area contributed by atoms with Crippen molar-refractivity contribution in [2.75, 3.05) is 18.7 Å². The van der Waals surface area contributed by atoms with Crippen molar-refractivity contribution >= 4 is 46.3 Å². The van der Waals surface area contributed by atoms with E-state index >= 15 is 0 Å². The van der Waals surface area contributed by atoms with Crippen LogP contribution in [0, 0.1) is 6.92 Å². The van der Waals surface area contributed by atoms with Gasteiger partial charge < -0.3 is 14.6 Å². The van der Waals surface area contributed by atoms with Gasteiger partial charge in [0.1, 0.15) is 28.4 Å². The second-order valence-electron chi connectivity index (χ2n) is 4.45. The summed E-state index contributed by atoms with van der Waals surface area (Å²) in [5.74, 6) is 0.594. The number of hydrogen-bond acceptors (Lipinski definition) is 6. The highest BCUT2D eigenvalue weighted by Gasteiger charge is 2.17. The third kappa shape index (κ3) is 4.26. The van der Waals surface area contributed by atoms with Gasteiger partial charge in [-0.05, 0) is 30.7 Å². The molecule has 0 atom stereocenters. The molecule has 0 radical (unpaired) electrons. The van der Waals surface area contributed by atoms with Gasteiger partial charge in [0.15, 0.2) is 5.15 Å². The van der Waals surface area contributed by atoms with Crippen molar-refractivity contribution in [2.24, 2.45) is 0 Å². The molecule has 23 heavy (non-hydrogen) atoms. The van der Waals surface area contributed by atoms with Gasteiger partial charge >= 0.3 is 6.09 Å². The number of nitrogens with zero attached hydrogens (tertiary/aromatic N) is 2. The van der Waals surface area contributed by atoms with E-state index in [4.69, 9.17) is 27.9 Å². The van der Waals surface area contributed by atoms with Gasteiger partial charge in [0.05, 0.1) is 12.8 Å². The summed E-state index contributed by atoms with van der Waals surface area (Å²) in [4.78, 5) is 16.8. The second kappa shape index (κ2) is 7.83. The molecule has 2 rings (SSSR count). The number of carbonyl (C=O) groups is 1. The Bertz CT molecular complexity index is 689. The molecule has 0 bridgehead atoms. The van der Waals surface area contributed by atoms with Gasteiger partial charge in [-0.2, -0.15) is 0 Å². The summed E-state index contributed by atoms with van der Waals surface area (Å²) in [6.07, 6.45) is -0.642. The Hall–Kier alpha value is -1.54. The Morgan fingerprint density at radius 2 is 2.17 bits per heavy atom. The van der Waals surface area contributed by atoms with Crippen LogP contribution in [0.4, 0.5) is 10.5 Å². The minimum Gasteiger partial charge on any atom is -0.486 e. The number of aromatic nitrogens is 1. The van der Waals surface area contributed by atoms with E-state index < -0.39 is 12.8 Å². The summed E-state index contributed by atoms with van der Waals surface area (Å²) in [5.41, 5.74) is 1.28. The fourth-order valence-electron chi connectivity index (χ4n) is 1.89. The van der Waals surface area contributed by atoms with Gasteiger partial charge in [0.2, 0.25) is 0 Å². The summed E-state index contributed by atoms with van der Waals surface area (Å²) in [7, 11) is 1.25. The first-order valence-corrected chi connectivity index (χ1v) is 8.04. The number of rotatable bonds is 5. The number of aliphatic hydroxyl groups excluding tert-OH is 1. The Morgan fingerprint density at radius 3 is 2.70 bits per heavy atom. The van der Waals surface area contributed by atoms with E-state index in [0.717, 1.165) is 10.5 Å². The maximum absolute atomic E-state index is 11.6. The number of ether oxygens (including phenoxy) is 2. The maximum atomic E-state index is 11.6.